The fraction of sp³-hybridized carbons (Fsp3) is 1.00. The molecule has 0 amide bonds. The number of unbranched alkanes of at least 4 members (excludes halogenated alkanes) is 6. The third-order valence-corrected chi connectivity index (χ3v) is 3.82. The summed E-state index contributed by atoms with van der Waals surface area (Å²) < 4.78 is 0. The first-order valence-electron chi connectivity index (χ1n) is 6.97. The predicted octanol–water partition coefficient (Wildman–Crippen LogP) is 4.13. The topological polar surface area (TPSA) is 12.0 Å². The molecule has 0 aromatic heterocycles. The van der Waals surface area contributed by atoms with E-state index in [9.17, 15) is 0 Å². The smallest absolute Gasteiger partial charge is 0.000481 e. The monoisotopic (exact) mass is 211 g/mol. The molecule has 0 saturated heterocycles. The lowest BCUT2D eigenvalue weighted by Crippen LogP contribution is -2.19. The van der Waals surface area contributed by atoms with Crippen LogP contribution in [-0.2, 0) is 0 Å². The fourth-order valence-electron chi connectivity index (χ4n) is 2.52. The first kappa shape index (κ1) is 13.0. The van der Waals surface area contributed by atoms with Crippen LogP contribution in [0.15, 0.2) is 0 Å². The van der Waals surface area contributed by atoms with Crippen molar-refractivity contribution < 1.29 is 0 Å². The molecule has 1 aliphatic rings. The van der Waals surface area contributed by atoms with Gasteiger partial charge in [0.1, 0.15) is 0 Å². The van der Waals surface area contributed by atoms with Gasteiger partial charge in [-0.25, -0.2) is 0 Å². The van der Waals surface area contributed by atoms with E-state index in [-0.39, 0.29) is 0 Å². The van der Waals surface area contributed by atoms with E-state index in [2.05, 4.69) is 19.3 Å². The van der Waals surface area contributed by atoms with Gasteiger partial charge in [0, 0.05) is 6.54 Å². The Morgan fingerprint density at radius 2 is 1.53 bits per heavy atom. The first-order valence-corrected chi connectivity index (χ1v) is 6.97. The summed E-state index contributed by atoms with van der Waals surface area (Å²) in [6.45, 7) is 3.54. The van der Waals surface area contributed by atoms with Crippen molar-refractivity contribution >= 4 is 0 Å². The molecular formula is C14H29N. The minimum atomic E-state index is 0.734. The molecule has 1 nitrogen and oxygen atoms in total. The average Bonchev–Trinajstić information content (AvgIpc) is 2.98. The molecule has 1 saturated carbocycles. The van der Waals surface area contributed by atoms with Crippen LogP contribution >= 0.6 is 0 Å². The van der Waals surface area contributed by atoms with Crippen LogP contribution in [0.5, 0.6) is 0 Å². The Labute approximate surface area is 96.0 Å². The van der Waals surface area contributed by atoms with Gasteiger partial charge in [-0.15, -0.1) is 0 Å². The summed E-state index contributed by atoms with van der Waals surface area (Å²) in [4.78, 5) is 0. The van der Waals surface area contributed by atoms with E-state index in [0.29, 0.717) is 0 Å². The van der Waals surface area contributed by atoms with Crippen molar-refractivity contribution in [1.82, 2.24) is 5.32 Å². The summed E-state index contributed by atoms with van der Waals surface area (Å²) in [6, 6.07) is 0. The highest BCUT2D eigenvalue weighted by atomic mass is 14.8. The SMILES string of the molecule is CCCCCCCCCC1(CNC)CC1. The van der Waals surface area contributed by atoms with Crippen LogP contribution < -0.4 is 5.32 Å². The van der Waals surface area contributed by atoms with E-state index in [4.69, 9.17) is 0 Å². The molecule has 1 aliphatic carbocycles. The maximum Gasteiger partial charge on any atom is 0.000481 e. The Bertz CT molecular complexity index is 149. The second kappa shape index (κ2) is 7.27. The third-order valence-electron chi connectivity index (χ3n) is 3.82. The largest absolute Gasteiger partial charge is 0.319 e. The maximum atomic E-state index is 3.34. The second-order valence-electron chi connectivity index (χ2n) is 5.40. The molecule has 0 radical (unpaired) electrons. The van der Waals surface area contributed by atoms with Crippen LogP contribution in [-0.4, -0.2) is 13.6 Å². The fourth-order valence-corrected chi connectivity index (χ4v) is 2.52. The van der Waals surface area contributed by atoms with E-state index < -0.39 is 0 Å². The van der Waals surface area contributed by atoms with Crippen molar-refractivity contribution in [3.63, 3.8) is 0 Å². The molecule has 0 aliphatic heterocycles. The molecule has 1 fully saturated rings. The Kier molecular flexibility index (Phi) is 6.31. The van der Waals surface area contributed by atoms with Crippen LogP contribution in [0.2, 0.25) is 0 Å². The van der Waals surface area contributed by atoms with Crippen LogP contribution in [0.4, 0.5) is 0 Å². The van der Waals surface area contributed by atoms with Gasteiger partial charge in [-0.2, -0.15) is 0 Å². The molecule has 1 heteroatoms. The van der Waals surface area contributed by atoms with Gasteiger partial charge < -0.3 is 5.32 Å². The van der Waals surface area contributed by atoms with Crippen molar-refractivity contribution in [2.75, 3.05) is 13.6 Å². The zero-order valence-electron chi connectivity index (χ0n) is 10.8. The maximum absolute atomic E-state index is 3.34. The lowest BCUT2D eigenvalue weighted by Gasteiger charge is -2.13. The van der Waals surface area contributed by atoms with Gasteiger partial charge in [0.2, 0.25) is 0 Å². The van der Waals surface area contributed by atoms with Crippen molar-refractivity contribution in [2.24, 2.45) is 5.41 Å². The highest BCUT2D eigenvalue weighted by Gasteiger charge is 2.40. The molecule has 0 bridgehead atoms. The number of hydrogen-bond donors (Lipinski definition) is 1. The summed E-state index contributed by atoms with van der Waals surface area (Å²) in [6.07, 6.45) is 14.5. The summed E-state index contributed by atoms with van der Waals surface area (Å²) in [5, 5.41) is 3.34. The van der Waals surface area contributed by atoms with Crippen LogP contribution in [0.3, 0.4) is 0 Å². The Morgan fingerprint density at radius 3 is 2.07 bits per heavy atom. The summed E-state index contributed by atoms with van der Waals surface area (Å²) in [5.41, 5.74) is 0.734. The van der Waals surface area contributed by atoms with Crippen molar-refractivity contribution in [2.45, 2.75) is 71.1 Å². The highest BCUT2D eigenvalue weighted by Crippen LogP contribution is 2.49. The van der Waals surface area contributed by atoms with Crippen molar-refractivity contribution in [1.29, 1.82) is 0 Å². The second-order valence-corrected chi connectivity index (χ2v) is 5.40. The zero-order chi connectivity index (χ0) is 11.0. The summed E-state index contributed by atoms with van der Waals surface area (Å²) >= 11 is 0. The molecule has 0 aromatic carbocycles. The van der Waals surface area contributed by atoms with E-state index in [1.54, 1.807) is 0 Å². The van der Waals surface area contributed by atoms with Gasteiger partial charge in [-0.1, -0.05) is 51.9 Å². The van der Waals surface area contributed by atoms with Gasteiger partial charge in [-0.3, -0.25) is 0 Å². The quantitative estimate of drug-likeness (QED) is 0.536. The van der Waals surface area contributed by atoms with Crippen LogP contribution in [0, 0.1) is 5.41 Å². The lowest BCUT2D eigenvalue weighted by atomic mass is 9.97. The average molecular weight is 211 g/mol. The van der Waals surface area contributed by atoms with E-state index >= 15 is 0 Å². The van der Waals surface area contributed by atoms with Gasteiger partial charge in [0.25, 0.3) is 0 Å². The number of nitrogens with one attached hydrogen (secondary N) is 1. The minimum Gasteiger partial charge on any atom is -0.319 e. The molecule has 0 aromatic rings. The van der Waals surface area contributed by atoms with E-state index in [0.717, 1.165) is 5.41 Å². The van der Waals surface area contributed by atoms with E-state index in [1.165, 1.54) is 70.8 Å². The Morgan fingerprint density at radius 1 is 0.933 bits per heavy atom. The zero-order valence-corrected chi connectivity index (χ0v) is 10.8. The van der Waals surface area contributed by atoms with E-state index in [1.807, 2.05) is 0 Å². The standard InChI is InChI=1S/C14H29N/c1-3-4-5-6-7-8-9-10-14(11-12-14)13-15-2/h15H,3-13H2,1-2H3. The molecule has 1 N–H and O–H groups in total. The van der Waals surface area contributed by atoms with Crippen LogP contribution in [0.1, 0.15) is 71.1 Å². The minimum absolute atomic E-state index is 0.734. The highest BCUT2D eigenvalue weighted by molar-refractivity contribution is 4.94. The van der Waals surface area contributed by atoms with Gasteiger partial charge >= 0.3 is 0 Å². The third kappa shape index (κ3) is 5.55. The molecule has 0 atom stereocenters. The molecule has 0 heterocycles. The molecule has 1 rings (SSSR count). The predicted molar refractivity (Wildman–Crippen MR) is 68.2 cm³/mol. The normalized spacial score (nSPS) is 18.0. The number of rotatable bonds is 10. The Hall–Kier alpha value is -0.0400. The van der Waals surface area contributed by atoms with Crippen LogP contribution in [0.25, 0.3) is 0 Å². The molecule has 90 valence electrons. The van der Waals surface area contributed by atoms with Gasteiger partial charge in [0.15, 0.2) is 0 Å². The molecule has 0 spiro atoms. The molecular weight excluding hydrogens is 182 g/mol. The summed E-state index contributed by atoms with van der Waals surface area (Å²) in [5.74, 6) is 0. The first-order chi connectivity index (χ1) is 7.33. The Balaban J connectivity index is 1.84. The lowest BCUT2D eigenvalue weighted by molar-refractivity contribution is 0.415. The molecule has 15 heavy (non-hydrogen) atoms. The van der Waals surface area contributed by atoms with Gasteiger partial charge in [0.05, 0.1) is 0 Å². The number of hydrogen-bond acceptors (Lipinski definition) is 1. The van der Waals surface area contributed by atoms with Crippen molar-refractivity contribution in [3.05, 3.63) is 0 Å². The van der Waals surface area contributed by atoms with Gasteiger partial charge in [-0.05, 0) is 31.7 Å². The van der Waals surface area contributed by atoms with Crippen molar-refractivity contribution in [3.8, 4) is 0 Å². The summed E-state index contributed by atoms with van der Waals surface area (Å²) in [7, 11) is 2.09. The molecule has 0 unspecified atom stereocenters.